The molecule has 0 spiro atoms. The van der Waals surface area contributed by atoms with Crippen molar-refractivity contribution in [3.8, 4) is 6.07 Å². The minimum absolute atomic E-state index is 0.0197. The van der Waals surface area contributed by atoms with E-state index in [2.05, 4.69) is 44.6 Å². The van der Waals surface area contributed by atoms with Crippen molar-refractivity contribution in [3.63, 3.8) is 0 Å². The molecule has 2 atom stereocenters. The van der Waals surface area contributed by atoms with Gasteiger partial charge in [-0.05, 0) is 73.3 Å². The zero-order chi connectivity index (χ0) is 36.5. The lowest BCUT2D eigenvalue weighted by molar-refractivity contribution is -0.229. The highest BCUT2D eigenvalue weighted by atomic mass is 32.1. The molecule has 1 aliphatic heterocycles. The Labute approximate surface area is 294 Å². The predicted octanol–water partition coefficient (Wildman–Crippen LogP) is 6.57. The van der Waals surface area contributed by atoms with Gasteiger partial charge in [-0.2, -0.15) is 31.6 Å². The number of carbonyl (C=O) groups excluding carboxylic acids is 1. The van der Waals surface area contributed by atoms with Gasteiger partial charge in [0, 0.05) is 53.5 Å². The summed E-state index contributed by atoms with van der Waals surface area (Å²) in [6.07, 6.45) is -6.88. The average molecular weight is 733 g/mol. The molecule has 4 N–H and O–H groups in total. The van der Waals surface area contributed by atoms with E-state index in [1.807, 2.05) is 23.6 Å². The number of anilines is 1. The molecule has 3 saturated carbocycles. The molecule has 3 aromatic heterocycles. The number of rotatable bonds is 10. The van der Waals surface area contributed by atoms with Crippen molar-refractivity contribution in [2.45, 2.75) is 95.4 Å². The smallest absolute Gasteiger partial charge is 0.367 e. The summed E-state index contributed by atoms with van der Waals surface area (Å²) < 4.78 is 79.2. The summed E-state index contributed by atoms with van der Waals surface area (Å²) >= 11 is 1.03. The van der Waals surface area contributed by atoms with Crippen LogP contribution in [-0.2, 0) is 24.3 Å². The molecule has 8 rings (SSSR count). The Morgan fingerprint density at radius 3 is 2.49 bits per heavy atom. The summed E-state index contributed by atoms with van der Waals surface area (Å²) in [4.78, 5) is 24.1. The molecule has 3 aliphatic carbocycles. The van der Waals surface area contributed by atoms with Crippen LogP contribution in [-0.4, -0.2) is 68.4 Å². The average Bonchev–Trinajstić information content (AvgIpc) is 3.61. The number of nitrogens with one attached hydrogen (secondary N) is 2. The predicted molar refractivity (Wildman–Crippen MR) is 181 cm³/mol. The number of nitriles is 1. The quantitative estimate of drug-likeness (QED) is 0.158. The van der Waals surface area contributed by atoms with Crippen LogP contribution >= 0.6 is 11.3 Å². The number of carbonyl (C=O) groups is 1. The van der Waals surface area contributed by atoms with Gasteiger partial charge in [0.1, 0.15) is 28.7 Å². The number of likely N-dealkylation sites (tertiary alicyclic amines) is 1. The van der Waals surface area contributed by atoms with Crippen LogP contribution in [0.25, 0.3) is 21.1 Å². The number of alkyl halides is 6. The van der Waals surface area contributed by atoms with Gasteiger partial charge in [-0.3, -0.25) is 9.69 Å². The first-order valence-electron chi connectivity index (χ1n) is 16.9. The van der Waals surface area contributed by atoms with E-state index >= 15 is 0 Å². The lowest BCUT2D eigenvalue weighted by Crippen LogP contribution is -2.82. The molecule has 1 aromatic carbocycles. The molecular formula is C35H38F6N8OS. The fraction of sp³-hybridized carbons (Fsp3) is 0.543. The number of hydrogen-bond donors (Lipinski definition) is 3. The van der Waals surface area contributed by atoms with Gasteiger partial charge in [0.2, 0.25) is 5.91 Å². The highest BCUT2D eigenvalue weighted by Crippen LogP contribution is 2.72. The van der Waals surface area contributed by atoms with Crippen LogP contribution in [0.2, 0.25) is 0 Å². The van der Waals surface area contributed by atoms with Crippen LogP contribution in [0, 0.1) is 29.6 Å². The van der Waals surface area contributed by atoms with Crippen LogP contribution < -0.4 is 16.4 Å². The highest BCUT2D eigenvalue weighted by molar-refractivity contribution is 7.18. The fourth-order valence-corrected chi connectivity index (χ4v) is 9.54. The number of nitrogens with zero attached hydrogens (tertiary/aromatic N) is 5. The third-order valence-corrected chi connectivity index (χ3v) is 12.4. The summed E-state index contributed by atoms with van der Waals surface area (Å²) in [6.45, 7) is 6.98. The van der Waals surface area contributed by atoms with Gasteiger partial charge in [0.25, 0.3) is 0 Å². The third kappa shape index (κ3) is 6.75. The van der Waals surface area contributed by atoms with Gasteiger partial charge < -0.3 is 20.9 Å². The second-order valence-corrected chi connectivity index (χ2v) is 15.8. The first kappa shape index (κ1) is 35.5. The van der Waals surface area contributed by atoms with Crippen LogP contribution in [0.1, 0.15) is 60.7 Å². The van der Waals surface area contributed by atoms with Crippen molar-refractivity contribution in [2.24, 2.45) is 17.1 Å². The Morgan fingerprint density at radius 1 is 1.12 bits per heavy atom. The minimum atomic E-state index is -4.52. The SMILES string of the molecule is Cc1c(CN2CCC(Nc3ncnc4sc(CC(F)(F)F)cc34)CC2)ccc2c1cc(C#N)n2CC12CC(NC(=O)C(N)CC(F)(F)F)(C1)[C@H]2C. The molecule has 4 heterocycles. The van der Waals surface area contributed by atoms with Crippen LogP contribution in [0.3, 0.4) is 0 Å². The lowest BCUT2D eigenvalue weighted by Gasteiger charge is -2.76. The maximum absolute atomic E-state index is 13.0. The Morgan fingerprint density at radius 2 is 1.84 bits per heavy atom. The highest BCUT2D eigenvalue weighted by Gasteiger charge is 2.74. The van der Waals surface area contributed by atoms with Gasteiger partial charge in [0.05, 0.1) is 24.3 Å². The number of benzene rings is 1. The van der Waals surface area contributed by atoms with E-state index in [1.54, 1.807) is 0 Å². The molecule has 9 nitrogen and oxygen atoms in total. The van der Waals surface area contributed by atoms with Gasteiger partial charge >= 0.3 is 12.4 Å². The molecule has 51 heavy (non-hydrogen) atoms. The Kier molecular flexibility index (Phi) is 8.78. The number of piperidine rings is 1. The molecule has 0 radical (unpaired) electrons. The maximum atomic E-state index is 13.0. The van der Waals surface area contributed by atoms with E-state index in [0.717, 1.165) is 65.8 Å². The van der Waals surface area contributed by atoms with E-state index in [0.29, 0.717) is 41.1 Å². The number of amides is 1. The van der Waals surface area contributed by atoms with Crippen molar-refractivity contribution in [1.29, 1.82) is 5.26 Å². The topological polar surface area (TPSA) is 125 Å². The first-order chi connectivity index (χ1) is 24.0. The molecule has 4 aromatic rings. The lowest BCUT2D eigenvalue weighted by atomic mass is 9.33. The van der Waals surface area contributed by atoms with E-state index in [4.69, 9.17) is 5.73 Å². The van der Waals surface area contributed by atoms with Crippen LogP contribution in [0.5, 0.6) is 0 Å². The molecule has 2 bridgehead atoms. The summed E-state index contributed by atoms with van der Waals surface area (Å²) in [6, 6.07) is 8.40. The number of nitrogens with two attached hydrogens (primary N) is 1. The molecule has 1 amide bonds. The number of thiophene rings is 1. The molecule has 4 aliphatic rings. The number of fused-ring (bicyclic) bond motifs is 2. The summed E-state index contributed by atoms with van der Waals surface area (Å²) in [5.74, 6) is -0.209. The Bertz CT molecular complexity index is 2020. The van der Waals surface area contributed by atoms with Gasteiger partial charge in [0.15, 0.2) is 0 Å². The summed E-state index contributed by atoms with van der Waals surface area (Å²) in [5, 5.41) is 17.9. The van der Waals surface area contributed by atoms with Gasteiger partial charge in [-0.1, -0.05) is 13.0 Å². The van der Waals surface area contributed by atoms with E-state index in [1.165, 1.54) is 12.4 Å². The minimum Gasteiger partial charge on any atom is -0.367 e. The molecule has 272 valence electrons. The number of halogens is 6. The third-order valence-electron chi connectivity index (χ3n) is 11.4. The molecule has 4 fully saturated rings. The van der Waals surface area contributed by atoms with Crippen molar-refractivity contribution in [2.75, 3.05) is 18.4 Å². The van der Waals surface area contributed by atoms with Gasteiger partial charge in [-0.15, -0.1) is 11.3 Å². The standard InChI is InChI=1S/C35H38F6N8OS/c1-19-21(14-48-7-5-22(6-8-48)46-29-26-10-24(11-34(36,37)38)51-31(26)45-18-44-29)3-4-28-25(19)9-23(13-42)49(28)17-32-15-33(16-32,20(32)2)47-30(50)27(43)12-35(39,40)41/h3-4,9-10,18,20,22,27H,5-8,11-12,14-17,43H2,1-2H3,(H,47,50)(H,44,45,46)/t20-,27?,32?,33?/m0/s1. The van der Waals surface area contributed by atoms with Crippen molar-refractivity contribution < 1.29 is 31.1 Å². The zero-order valence-corrected chi connectivity index (χ0v) is 28.9. The van der Waals surface area contributed by atoms with E-state index < -0.39 is 42.7 Å². The fourth-order valence-electron chi connectivity index (χ4n) is 8.51. The second-order valence-electron chi connectivity index (χ2n) is 14.7. The number of aryl methyl sites for hydroxylation is 1. The first-order valence-corrected chi connectivity index (χ1v) is 17.7. The molecule has 1 saturated heterocycles. The normalized spacial score (nSPS) is 24.6. The van der Waals surface area contributed by atoms with Crippen LogP contribution in [0.4, 0.5) is 32.2 Å². The van der Waals surface area contributed by atoms with Crippen molar-refractivity contribution in [3.05, 3.63) is 52.3 Å². The zero-order valence-electron chi connectivity index (χ0n) is 28.1. The number of aromatic nitrogens is 3. The maximum Gasteiger partial charge on any atom is 0.393 e. The van der Waals surface area contributed by atoms with Gasteiger partial charge in [-0.25, -0.2) is 9.97 Å². The summed E-state index contributed by atoms with van der Waals surface area (Å²) in [5.41, 5.74) is 8.53. The molecule has 1 unspecified atom stereocenters. The monoisotopic (exact) mass is 732 g/mol. The molecular weight excluding hydrogens is 694 g/mol. The van der Waals surface area contributed by atoms with E-state index in [-0.39, 0.29) is 22.3 Å². The Hall–Kier alpha value is -3.94. The number of hydrogen-bond acceptors (Lipinski definition) is 8. The van der Waals surface area contributed by atoms with E-state index in [9.17, 15) is 36.4 Å². The van der Waals surface area contributed by atoms with Crippen molar-refractivity contribution >= 4 is 44.2 Å². The summed E-state index contributed by atoms with van der Waals surface area (Å²) in [7, 11) is 0. The largest absolute Gasteiger partial charge is 0.393 e. The molecule has 16 heteroatoms. The van der Waals surface area contributed by atoms with Crippen molar-refractivity contribution in [1.82, 2.24) is 24.8 Å². The van der Waals surface area contributed by atoms with Crippen LogP contribution in [0.15, 0.2) is 30.6 Å². The Balaban J connectivity index is 0.975. The second kappa shape index (κ2) is 12.6.